The highest BCUT2D eigenvalue weighted by atomic mass is 16.6. The molecule has 0 atom stereocenters. The van der Waals surface area contributed by atoms with Gasteiger partial charge in [0.1, 0.15) is 11.3 Å². The van der Waals surface area contributed by atoms with Gasteiger partial charge in [-0.1, -0.05) is 0 Å². The molecular formula is C8H5N5O5. The number of aromatic amines is 1. The number of aromatic nitrogens is 2. The first kappa shape index (κ1) is 11.4. The predicted octanol–water partition coefficient (Wildman–Crippen LogP) is 0.322. The quantitative estimate of drug-likeness (QED) is 0.574. The van der Waals surface area contributed by atoms with Crippen molar-refractivity contribution in [1.82, 2.24) is 9.97 Å². The van der Waals surface area contributed by atoms with E-state index in [1.54, 1.807) is 0 Å². The summed E-state index contributed by atoms with van der Waals surface area (Å²) in [5, 5.41) is 21.4. The lowest BCUT2D eigenvalue weighted by atomic mass is 10.2. The molecule has 18 heavy (non-hydrogen) atoms. The van der Waals surface area contributed by atoms with E-state index in [1.807, 2.05) is 0 Å². The van der Waals surface area contributed by atoms with Crippen molar-refractivity contribution in [3.05, 3.63) is 42.8 Å². The smallest absolute Gasteiger partial charge is 0.347 e. The molecule has 0 amide bonds. The molecule has 0 bridgehead atoms. The van der Waals surface area contributed by atoms with E-state index in [2.05, 4.69) is 9.97 Å². The van der Waals surface area contributed by atoms with Crippen LogP contribution in [-0.2, 0) is 0 Å². The summed E-state index contributed by atoms with van der Waals surface area (Å²) < 4.78 is 0. The molecule has 10 nitrogen and oxygen atoms in total. The Hall–Kier alpha value is -3.04. The minimum atomic E-state index is -0.864. The van der Waals surface area contributed by atoms with Crippen LogP contribution in [0.3, 0.4) is 0 Å². The van der Waals surface area contributed by atoms with Crippen LogP contribution in [0.4, 0.5) is 17.2 Å². The number of nitrogen functional groups attached to an aromatic ring is 1. The van der Waals surface area contributed by atoms with Crippen molar-refractivity contribution >= 4 is 28.1 Å². The zero-order chi connectivity index (χ0) is 13.4. The maximum absolute atomic E-state index is 11.1. The summed E-state index contributed by atoms with van der Waals surface area (Å²) in [7, 11) is 0. The topological polar surface area (TPSA) is 158 Å². The van der Waals surface area contributed by atoms with Crippen molar-refractivity contribution < 1.29 is 9.85 Å². The molecule has 0 fully saturated rings. The van der Waals surface area contributed by atoms with Crippen LogP contribution in [0, 0.1) is 20.2 Å². The second-order valence-corrected chi connectivity index (χ2v) is 3.33. The molecule has 1 aromatic heterocycles. The average Bonchev–Trinajstić information content (AvgIpc) is 2.27. The van der Waals surface area contributed by atoms with E-state index in [9.17, 15) is 25.0 Å². The molecule has 0 aliphatic carbocycles. The van der Waals surface area contributed by atoms with Gasteiger partial charge in [0, 0.05) is 6.07 Å². The van der Waals surface area contributed by atoms with Crippen molar-refractivity contribution in [3.63, 3.8) is 0 Å². The highest BCUT2D eigenvalue weighted by Gasteiger charge is 2.21. The van der Waals surface area contributed by atoms with Gasteiger partial charge < -0.3 is 5.73 Å². The molecule has 10 heteroatoms. The Kier molecular flexibility index (Phi) is 2.39. The molecule has 1 heterocycles. The van der Waals surface area contributed by atoms with E-state index in [4.69, 9.17) is 5.73 Å². The number of hydrogen-bond acceptors (Lipinski definition) is 7. The van der Waals surface area contributed by atoms with Gasteiger partial charge in [-0.05, 0) is 0 Å². The highest BCUT2D eigenvalue weighted by Crippen LogP contribution is 2.30. The van der Waals surface area contributed by atoms with E-state index >= 15 is 0 Å². The van der Waals surface area contributed by atoms with Gasteiger partial charge in [0.2, 0.25) is 0 Å². The molecule has 3 N–H and O–H groups in total. The SMILES string of the molecule is Nc1nc(=O)[nH]c2c([N+](=O)[O-])cc([N+](=O)[O-])cc12. The van der Waals surface area contributed by atoms with Gasteiger partial charge in [-0.3, -0.25) is 25.2 Å². The van der Waals surface area contributed by atoms with Crippen molar-refractivity contribution in [2.75, 3.05) is 5.73 Å². The van der Waals surface area contributed by atoms with Crippen LogP contribution in [0.1, 0.15) is 0 Å². The Labute approximate surface area is 97.4 Å². The largest absolute Gasteiger partial charge is 0.383 e. The summed E-state index contributed by atoms with van der Waals surface area (Å²) in [5.74, 6) is -0.305. The van der Waals surface area contributed by atoms with Crippen LogP contribution in [-0.4, -0.2) is 19.8 Å². The van der Waals surface area contributed by atoms with Gasteiger partial charge in [0.25, 0.3) is 11.4 Å². The first-order chi connectivity index (χ1) is 8.40. The molecule has 0 aliphatic rings. The zero-order valence-corrected chi connectivity index (χ0v) is 8.61. The number of H-pyrrole nitrogens is 1. The minimum Gasteiger partial charge on any atom is -0.383 e. The molecule has 92 valence electrons. The van der Waals surface area contributed by atoms with Crippen LogP contribution in [0.5, 0.6) is 0 Å². The van der Waals surface area contributed by atoms with Crippen LogP contribution in [0.15, 0.2) is 16.9 Å². The lowest BCUT2D eigenvalue weighted by molar-refractivity contribution is -0.393. The van der Waals surface area contributed by atoms with Gasteiger partial charge in [0.05, 0.1) is 21.3 Å². The monoisotopic (exact) mass is 251 g/mol. The first-order valence-corrected chi connectivity index (χ1v) is 4.52. The number of hydrogen-bond donors (Lipinski definition) is 2. The van der Waals surface area contributed by atoms with Crippen LogP contribution >= 0.6 is 0 Å². The number of nitrogens with one attached hydrogen (secondary N) is 1. The number of anilines is 1. The third-order valence-electron chi connectivity index (χ3n) is 2.24. The van der Waals surface area contributed by atoms with E-state index in [0.29, 0.717) is 0 Å². The van der Waals surface area contributed by atoms with Crippen LogP contribution in [0.2, 0.25) is 0 Å². The summed E-state index contributed by atoms with van der Waals surface area (Å²) in [5.41, 5.74) is 3.25. The fraction of sp³-hybridized carbons (Fsp3) is 0. The highest BCUT2D eigenvalue weighted by molar-refractivity contribution is 5.95. The normalized spacial score (nSPS) is 10.4. The average molecular weight is 251 g/mol. The van der Waals surface area contributed by atoms with E-state index < -0.39 is 26.9 Å². The zero-order valence-electron chi connectivity index (χ0n) is 8.61. The first-order valence-electron chi connectivity index (χ1n) is 4.52. The third kappa shape index (κ3) is 1.71. The number of benzene rings is 1. The number of non-ortho nitro benzene ring substituents is 2. The molecule has 1 aromatic carbocycles. The summed E-state index contributed by atoms with van der Waals surface area (Å²) in [4.78, 5) is 36.4. The molecule has 2 rings (SSSR count). The minimum absolute atomic E-state index is 0.0458. The summed E-state index contributed by atoms with van der Waals surface area (Å²) in [6.45, 7) is 0. The van der Waals surface area contributed by atoms with Gasteiger partial charge in [-0.25, -0.2) is 4.79 Å². The Bertz CT molecular complexity index is 736. The maximum atomic E-state index is 11.1. The Morgan fingerprint density at radius 3 is 2.44 bits per heavy atom. The molecule has 0 radical (unpaired) electrons. The predicted molar refractivity (Wildman–Crippen MR) is 60.1 cm³/mol. The fourth-order valence-corrected chi connectivity index (χ4v) is 1.50. The van der Waals surface area contributed by atoms with Gasteiger partial charge in [-0.2, -0.15) is 4.98 Å². The van der Waals surface area contributed by atoms with Crippen molar-refractivity contribution in [2.24, 2.45) is 0 Å². The molecule has 0 aliphatic heterocycles. The maximum Gasteiger partial charge on any atom is 0.347 e. The van der Waals surface area contributed by atoms with Gasteiger partial charge >= 0.3 is 5.69 Å². The van der Waals surface area contributed by atoms with E-state index in [0.717, 1.165) is 12.1 Å². The van der Waals surface area contributed by atoms with Crippen molar-refractivity contribution in [2.45, 2.75) is 0 Å². The van der Waals surface area contributed by atoms with Crippen LogP contribution in [0.25, 0.3) is 10.9 Å². The third-order valence-corrected chi connectivity index (χ3v) is 2.24. The molecule has 2 aromatic rings. The van der Waals surface area contributed by atoms with E-state index in [1.165, 1.54) is 0 Å². The van der Waals surface area contributed by atoms with E-state index in [-0.39, 0.29) is 16.7 Å². The molecule has 0 spiro atoms. The molecule has 0 saturated heterocycles. The molecule has 0 saturated carbocycles. The lowest BCUT2D eigenvalue weighted by Crippen LogP contribution is -2.13. The number of rotatable bonds is 2. The molecular weight excluding hydrogens is 246 g/mol. The lowest BCUT2D eigenvalue weighted by Gasteiger charge is -2.01. The summed E-state index contributed by atoms with van der Waals surface area (Å²) >= 11 is 0. The second kappa shape index (κ2) is 3.76. The van der Waals surface area contributed by atoms with Gasteiger partial charge in [-0.15, -0.1) is 0 Å². The summed E-state index contributed by atoms with van der Waals surface area (Å²) in [6, 6.07) is 1.76. The van der Waals surface area contributed by atoms with Crippen molar-refractivity contribution in [3.8, 4) is 0 Å². The summed E-state index contributed by atoms with van der Waals surface area (Å²) in [6.07, 6.45) is 0. The van der Waals surface area contributed by atoms with Crippen LogP contribution < -0.4 is 11.4 Å². The number of fused-ring (bicyclic) bond motifs is 1. The number of nitrogens with two attached hydrogens (primary N) is 1. The van der Waals surface area contributed by atoms with Gasteiger partial charge in [0.15, 0.2) is 0 Å². The number of nitro groups is 2. The fourth-order valence-electron chi connectivity index (χ4n) is 1.50. The Morgan fingerprint density at radius 2 is 1.89 bits per heavy atom. The Balaban J connectivity index is 2.99. The number of nitrogens with zero attached hydrogens (tertiary/aromatic N) is 3. The molecule has 0 unspecified atom stereocenters. The number of nitro benzene ring substituents is 2. The second-order valence-electron chi connectivity index (χ2n) is 3.33. The van der Waals surface area contributed by atoms with Crippen molar-refractivity contribution in [1.29, 1.82) is 0 Å². The Morgan fingerprint density at radius 1 is 1.22 bits per heavy atom. The standard InChI is InChI=1S/C8H5N5O5/c9-7-4-1-3(12(15)16)2-5(13(17)18)6(4)10-8(14)11-7/h1-2H,(H3,9,10,11,14).